The Kier molecular flexibility index (Phi) is 3.47. The molecule has 2 rings (SSSR count). The van der Waals surface area contributed by atoms with Crippen LogP contribution in [-0.4, -0.2) is 18.1 Å². The third-order valence-electron chi connectivity index (χ3n) is 3.12. The van der Waals surface area contributed by atoms with Crippen LogP contribution in [0.25, 0.3) is 0 Å². The van der Waals surface area contributed by atoms with Gasteiger partial charge < -0.3 is 4.90 Å². The summed E-state index contributed by atoms with van der Waals surface area (Å²) < 4.78 is 0. The van der Waals surface area contributed by atoms with Gasteiger partial charge in [-0.15, -0.1) is 11.6 Å². The molecule has 15 heavy (non-hydrogen) atoms. The van der Waals surface area contributed by atoms with E-state index in [-0.39, 0.29) is 0 Å². The zero-order valence-electron chi connectivity index (χ0n) is 9.12. The van der Waals surface area contributed by atoms with E-state index in [2.05, 4.69) is 22.9 Å². The Labute approximate surface area is 96.3 Å². The largest absolute Gasteiger partial charge is 0.356 e. The van der Waals surface area contributed by atoms with Crippen LogP contribution in [0.15, 0.2) is 18.2 Å². The predicted molar refractivity (Wildman–Crippen MR) is 64.4 cm³/mol. The van der Waals surface area contributed by atoms with Crippen LogP contribution in [0.4, 0.5) is 5.82 Å². The zero-order valence-corrected chi connectivity index (χ0v) is 9.87. The Hall–Kier alpha value is -0.760. The number of nitrogens with zero attached hydrogens (tertiary/aromatic N) is 2. The summed E-state index contributed by atoms with van der Waals surface area (Å²) in [6.45, 7) is 4.54. The number of hydrogen-bond acceptors (Lipinski definition) is 2. The van der Waals surface area contributed by atoms with E-state index in [0.717, 1.165) is 30.5 Å². The van der Waals surface area contributed by atoms with E-state index >= 15 is 0 Å². The van der Waals surface area contributed by atoms with E-state index in [0.29, 0.717) is 5.88 Å². The molecule has 1 aromatic heterocycles. The van der Waals surface area contributed by atoms with Gasteiger partial charge in [0.15, 0.2) is 0 Å². The quantitative estimate of drug-likeness (QED) is 0.734. The van der Waals surface area contributed by atoms with Crippen LogP contribution in [-0.2, 0) is 5.88 Å². The minimum Gasteiger partial charge on any atom is -0.356 e. The summed E-state index contributed by atoms with van der Waals surface area (Å²) >= 11 is 5.78. The highest BCUT2D eigenvalue weighted by atomic mass is 35.5. The van der Waals surface area contributed by atoms with Crippen molar-refractivity contribution >= 4 is 17.4 Å². The van der Waals surface area contributed by atoms with E-state index < -0.39 is 0 Å². The topological polar surface area (TPSA) is 16.1 Å². The van der Waals surface area contributed by atoms with Crippen molar-refractivity contribution in [1.29, 1.82) is 0 Å². The third-order valence-corrected chi connectivity index (χ3v) is 3.39. The van der Waals surface area contributed by atoms with E-state index in [1.807, 2.05) is 12.1 Å². The van der Waals surface area contributed by atoms with Crippen molar-refractivity contribution in [2.75, 3.05) is 18.0 Å². The third kappa shape index (κ3) is 2.43. The Bertz CT molecular complexity index is 327. The van der Waals surface area contributed by atoms with E-state index in [1.165, 1.54) is 12.8 Å². The molecule has 1 fully saturated rings. The first-order valence-electron chi connectivity index (χ1n) is 5.60. The van der Waals surface area contributed by atoms with Crippen molar-refractivity contribution in [3.63, 3.8) is 0 Å². The Morgan fingerprint density at radius 2 is 2.40 bits per heavy atom. The summed E-state index contributed by atoms with van der Waals surface area (Å²) in [6, 6.07) is 6.09. The maximum Gasteiger partial charge on any atom is 0.128 e. The molecule has 1 aliphatic rings. The number of rotatable bonds is 3. The number of anilines is 1. The summed E-state index contributed by atoms with van der Waals surface area (Å²) in [5.41, 5.74) is 0.967. The summed E-state index contributed by atoms with van der Waals surface area (Å²) in [6.07, 6.45) is 2.56. The average molecular weight is 225 g/mol. The molecule has 1 atom stereocenters. The van der Waals surface area contributed by atoms with Gasteiger partial charge in [-0.25, -0.2) is 4.98 Å². The lowest BCUT2D eigenvalue weighted by atomic mass is 10.1. The number of pyridine rings is 1. The molecule has 1 saturated heterocycles. The van der Waals surface area contributed by atoms with E-state index in [1.54, 1.807) is 0 Å². The fourth-order valence-electron chi connectivity index (χ4n) is 2.09. The average Bonchev–Trinajstić information content (AvgIpc) is 2.78. The van der Waals surface area contributed by atoms with Gasteiger partial charge in [-0.05, 0) is 24.5 Å². The Morgan fingerprint density at radius 1 is 1.53 bits per heavy atom. The van der Waals surface area contributed by atoms with Gasteiger partial charge >= 0.3 is 0 Å². The van der Waals surface area contributed by atoms with Gasteiger partial charge in [0, 0.05) is 13.1 Å². The monoisotopic (exact) mass is 224 g/mol. The van der Waals surface area contributed by atoms with Crippen molar-refractivity contribution in [2.45, 2.75) is 25.6 Å². The van der Waals surface area contributed by atoms with Gasteiger partial charge in [0.2, 0.25) is 0 Å². The molecule has 2 nitrogen and oxygen atoms in total. The lowest BCUT2D eigenvalue weighted by Crippen LogP contribution is -2.20. The molecule has 0 aromatic carbocycles. The first-order valence-corrected chi connectivity index (χ1v) is 6.13. The van der Waals surface area contributed by atoms with Crippen LogP contribution in [0, 0.1) is 5.92 Å². The van der Waals surface area contributed by atoms with Crippen molar-refractivity contribution in [1.82, 2.24) is 4.98 Å². The SMILES string of the molecule is CCC1CCN(c2cccc(CCl)n2)C1. The van der Waals surface area contributed by atoms with E-state index in [4.69, 9.17) is 11.6 Å². The molecular formula is C12H17ClN2. The van der Waals surface area contributed by atoms with Crippen molar-refractivity contribution in [3.8, 4) is 0 Å². The molecule has 0 amide bonds. The van der Waals surface area contributed by atoms with Gasteiger partial charge in [-0.3, -0.25) is 0 Å². The van der Waals surface area contributed by atoms with Gasteiger partial charge in [0.25, 0.3) is 0 Å². The number of hydrogen-bond donors (Lipinski definition) is 0. The highest BCUT2D eigenvalue weighted by molar-refractivity contribution is 6.16. The molecule has 2 heterocycles. The molecule has 0 spiro atoms. The molecule has 0 radical (unpaired) electrons. The molecule has 1 aliphatic heterocycles. The highest BCUT2D eigenvalue weighted by Gasteiger charge is 2.21. The van der Waals surface area contributed by atoms with Crippen LogP contribution < -0.4 is 4.90 Å². The molecule has 0 saturated carbocycles. The smallest absolute Gasteiger partial charge is 0.128 e. The Balaban J connectivity index is 2.09. The first-order chi connectivity index (χ1) is 7.33. The van der Waals surface area contributed by atoms with Gasteiger partial charge in [0.05, 0.1) is 11.6 Å². The summed E-state index contributed by atoms with van der Waals surface area (Å²) in [5.74, 6) is 2.43. The lowest BCUT2D eigenvalue weighted by molar-refractivity contribution is 0.568. The first kappa shape index (κ1) is 10.7. The van der Waals surface area contributed by atoms with Gasteiger partial charge in [-0.2, -0.15) is 0 Å². The highest BCUT2D eigenvalue weighted by Crippen LogP contribution is 2.24. The molecule has 1 aromatic rings. The van der Waals surface area contributed by atoms with Crippen molar-refractivity contribution in [3.05, 3.63) is 23.9 Å². The van der Waals surface area contributed by atoms with E-state index in [9.17, 15) is 0 Å². The van der Waals surface area contributed by atoms with Crippen molar-refractivity contribution in [2.24, 2.45) is 5.92 Å². The maximum atomic E-state index is 5.78. The lowest BCUT2D eigenvalue weighted by Gasteiger charge is -2.17. The molecule has 0 aliphatic carbocycles. The molecular weight excluding hydrogens is 208 g/mol. The van der Waals surface area contributed by atoms with Gasteiger partial charge in [0.1, 0.15) is 5.82 Å². The van der Waals surface area contributed by atoms with Gasteiger partial charge in [-0.1, -0.05) is 19.4 Å². The fraction of sp³-hybridized carbons (Fsp3) is 0.583. The molecule has 0 bridgehead atoms. The number of alkyl halides is 1. The number of halogens is 1. The second-order valence-electron chi connectivity index (χ2n) is 4.13. The summed E-state index contributed by atoms with van der Waals surface area (Å²) in [5, 5.41) is 0. The zero-order chi connectivity index (χ0) is 10.7. The van der Waals surface area contributed by atoms with Crippen LogP contribution >= 0.6 is 11.6 Å². The summed E-state index contributed by atoms with van der Waals surface area (Å²) in [4.78, 5) is 6.90. The Morgan fingerprint density at radius 3 is 3.07 bits per heavy atom. The molecule has 82 valence electrons. The van der Waals surface area contributed by atoms with Crippen LogP contribution in [0.5, 0.6) is 0 Å². The second kappa shape index (κ2) is 4.84. The molecule has 1 unspecified atom stereocenters. The molecule has 0 N–H and O–H groups in total. The normalized spacial score (nSPS) is 20.9. The fourth-order valence-corrected chi connectivity index (χ4v) is 2.24. The standard InChI is InChI=1S/C12H17ClN2/c1-2-10-6-7-15(9-10)12-5-3-4-11(8-13)14-12/h3-5,10H,2,6-9H2,1H3. The van der Waals surface area contributed by atoms with Crippen LogP contribution in [0.1, 0.15) is 25.5 Å². The predicted octanol–water partition coefficient (Wildman–Crippen LogP) is 3.06. The minimum atomic E-state index is 0.499. The number of aromatic nitrogens is 1. The van der Waals surface area contributed by atoms with Crippen molar-refractivity contribution < 1.29 is 0 Å². The second-order valence-corrected chi connectivity index (χ2v) is 4.40. The minimum absolute atomic E-state index is 0.499. The maximum absolute atomic E-state index is 5.78. The van der Waals surface area contributed by atoms with Crippen LogP contribution in [0.2, 0.25) is 0 Å². The van der Waals surface area contributed by atoms with Crippen LogP contribution in [0.3, 0.4) is 0 Å². The summed E-state index contributed by atoms with van der Waals surface area (Å²) in [7, 11) is 0. The molecule has 3 heteroatoms.